The molecule has 6 heteroatoms. The van der Waals surface area contributed by atoms with E-state index in [9.17, 15) is 4.79 Å². The summed E-state index contributed by atoms with van der Waals surface area (Å²) >= 11 is 0. The highest BCUT2D eigenvalue weighted by atomic mass is 16.5. The van der Waals surface area contributed by atoms with Crippen LogP contribution in [0.5, 0.6) is 5.75 Å². The summed E-state index contributed by atoms with van der Waals surface area (Å²) in [5.74, 6) is 1.37. The van der Waals surface area contributed by atoms with E-state index in [-0.39, 0.29) is 11.8 Å². The Balaban J connectivity index is 1.43. The molecular weight excluding hydrogens is 376 g/mol. The number of hydrogen-bond donors (Lipinski definition) is 1. The number of amides is 1. The van der Waals surface area contributed by atoms with Gasteiger partial charge in [0.2, 0.25) is 5.91 Å². The Morgan fingerprint density at radius 2 is 1.87 bits per heavy atom. The van der Waals surface area contributed by atoms with Crippen LogP contribution in [0.3, 0.4) is 0 Å². The van der Waals surface area contributed by atoms with Crippen molar-refractivity contribution < 1.29 is 9.53 Å². The highest BCUT2D eigenvalue weighted by molar-refractivity contribution is 5.94. The summed E-state index contributed by atoms with van der Waals surface area (Å²) < 4.78 is 5.33. The Morgan fingerprint density at radius 1 is 1.07 bits per heavy atom. The molecule has 1 aliphatic rings. The van der Waals surface area contributed by atoms with Crippen LogP contribution in [0.2, 0.25) is 0 Å². The third kappa shape index (κ3) is 4.43. The molecule has 0 bridgehead atoms. The number of ether oxygens (including phenoxy) is 1. The van der Waals surface area contributed by atoms with E-state index >= 15 is 0 Å². The lowest BCUT2D eigenvalue weighted by atomic mass is 9.97. The van der Waals surface area contributed by atoms with Crippen LogP contribution in [0.25, 0.3) is 11.3 Å². The summed E-state index contributed by atoms with van der Waals surface area (Å²) in [5, 5.41) is 11.8. The zero-order chi connectivity index (χ0) is 20.9. The van der Waals surface area contributed by atoms with Crippen molar-refractivity contribution in [3.8, 4) is 17.0 Å². The van der Waals surface area contributed by atoms with Gasteiger partial charge in [-0.25, -0.2) is 0 Å². The topological polar surface area (TPSA) is 67.3 Å². The monoisotopic (exact) mass is 402 g/mol. The smallest absolute Gasteiger partial charge is 0.229 e. The molecule has 4 rings (SSSR count). The van der Waals surface area contributed by atoms with Gasteiger partial charge in [0.15, 0.2) is 5.82 Å². The van der Waals surface area contributed by atoms with Crippen LogP contribution in [-0.4, -0.2) is 36.3 Å². The number of nitrogens with zero attached hydrogens (tertiary/aromatic N) is 3. The van der Waals surface area contributed by atoms with Crippen molar-refractivity contribution in [1.29, 1.82) is 0 Å². The average Bonchev–Trinajstić information content (AvgIpc) is 2.80. The average molecular weight is 402 g/mol. The van der Waals surface area contributed by atoms with Crippen molar-refractivity contribution in [3.05, 3.63) is 66.2 Å². The third-order valence-corrected chi connectivity index (χ3v) is 5.48. The molecule has 0 radical (unpaired) electrons. The van der Waals surface area contributed by atoms with Gasteiger partial charge in [0.1, 0.15) is 5.75 Å². The predicted molar refractivity (Wildman–Crippen MR) is 119 cm³/mol. The Hall–Kier alpha value is -3.41. The fraction of sp³-hybridized carbons (Fsp3) is 0.292. The van der Waals surface area contributed by atoms with E-state index in [1.165, 1.54) is 5.56 Å². The van der Waals surface area contributed by atoms with E-state index < -0.39 is 0 Å². The van der Waals surface area contributed by atoms with Gasteiger partial charge in [0, 0.05) is 18.7 Å². The molecule has 1 saturated heterocycles. The van der Waals surface area contributed by atoms with E-state index in [1.54, 1.807) is 7.11 Å². The van der Waals surface area contributed by atoms with E-state index in [2.05, 4.69) is 51.6 Å². The minimum Gasteiger partial charge on any atom is -0.495 e. The molecule has 6 nitrogen and oxygen atoms in total. The van der Waals surface area contributed by atoms with Gasteiger partial charge in [-0.05, 0) is 44.0 Å². The summed E-state index contributed by atoms with van der Waals surface area (Å²) in [6.45, 7) is 3.56. The van der Waals surface area contributed by atoms with Crippen LogP contribution in [0.1, 0.15) is 18.4 Å². The molecule has 1 atom stereocenters. The van der Waals surface area contributed by atoms with Crippen LogP contribution < -0.4 is 15.0 Å². The number of aromatic nitrogens is 2. The summed E-state index contributed by atoms with van der Waals surface area (Å²) in [6.07, 6.45) is 1.79. The van der Waals surface area contributed by atoms with Crippen LogP contribution in [-0.2, 0) is 4.79 Å². The van der Waals surface area contributed by atoms with E-state index in [0.29, 0.717) is 18.0 Å². The Morgan fingerprint density at radius 3 is 2.60 bits per heavy atom. The second-order valence-corrected chi connectivity index (χ2v) is 7.62. The summed E-state index contributed by atoms with van der Waals surface area (Å²) in [7, 11) is 1.60. The SMILES string of the molecule is COc1ccccc1NC(=O)[C@@H]1CCCN(c2ccc(-c3ccc(C)cc3)nn2)C1. The summed E-state index contributed by atoms with van der Waals surface area (Å²) in [5.41, 5.74) is 3.81. The first kappa shape index (κ1) is 19.9. The molecule has 0 saturated carbocycles. The zero-order valence-electron chi connectivity index (χ0n) is 17.3. The van der Waals surface area contributed by atoms with Gasteiger partial charge in [-0.15, -0.1) is 10.2 Å². The van der Waals surface area contributed by atoms with Crippen LogP contribution in [0.4, 0.5) is 11.5 Å². The van der Waals surface area contributed by atoms with Crippen molar-refractivity contribution in [2.75, 3.05) is 30.4 Å². The van der Waals surface area contributed by atoms with Gasteiger partial charge in [0.25, 0.3) is 0 Å². The molecular formula is C24H26N4O2. The van der Waals surface area contributed by atoms with Gasteiger partial charge in [-0.3, -0.25) is 4.79 Å². The number of methoxy groups -OCH3 is 1. The highest BCUT2D eigenvalue weighted by Crippen LogP contribution is 2.27. The molecule has 1 amide bonds. The standard InChI is InChI=1S/C24H26N4O2/c1-17-9-11-18(12-10-17)20-13-14-23(27-26-20)28-15-5-6-19(16-28)24(29)25-21-7-3-4-8-22(21)30-2/h3-4,7-14,19H,5-6,15-16H2,1-2H3,(H,25,29)/t19-/m1/s1. The quantitative estimate of drug-likeness (QED) is 0.689. The lowest BCUT2D eigenvalue weighted by molar-refractivity contribution is -0.120. The minimum atomic E-state index is -0.109. The van der Waals surface area contributed by atoms with Gasteiger partial charge < -0.3 is 15.0 Å². The number of rotatable bonds is 5. The van der Waals surface area contributed by atoms with Crippen molar-refractivity contribution in [1.82, 2.24) is 10.2 Å². The predicted octanol–water partition coefficient (Wildman–Crippen LogP) is 4.32. The van der Waals surface area contributed by atoms with Gasteiger partial charge in [-0.2, -0.15) is 0 Å². The number of anilines is 2. The van der Waals surface area contributed by atoms with Gasteiger partial charge in [0.05, 0.1) is 24.4 Å². The van der Waals surface area contributed by atoms with E-state index in [4.69, 9.17) is 4.74 Å². The first-order valence-corrected chi connectivity index (χ1v) is 10.2. The Bertz CT molecular complexity index is 1000. The molecule has 2 heterocycles. The number of benzene rings is 2. The highest BCUT2D eigenvalue weighted by Gasteiger charge is 2.27. The maximum Gasteiger partial charge on any atom is 0.229 e. The van der Waals surface area contributed by atoms with Crippen molar-refractivity contribution in [3.63, 3.8) is 0 Å². The molecule has 154 valence electrons. The molecule has 0 unspecified atom stereocenters. The van der Waals surface area contributed by atoms with Crippen LogP contribution in [0, 0.1) is 12.8 Å². The third-order valence-electron chi connectivity index (χ3n) is 5.48. The van der Waals surface area contributed by atoms with E-state index in [0.717, 1.165) is 36.5 Å². The van der Waals surface area contributed by atoms with Crippen molar-refractivity contribution >= 4 is 17.4 Å². The second-order valence-electron chi connectivity index (χ2n) is 7.62. The molecule has 2 aromatic carbocycles. The molecule has 0 spiro atoms. The first-order valence-electron chi connectivity index (χ1n) is 10.2. The maximum absolute atomic E-state index is 12.8. The summed E-state index contributed by atoms with van der Waals surface area (Å²) in [4.78, 5) is 15.0. The fourth-order valence-electron chi connectivity index (χ4n) is 3.75. The van der Waals surface area contributed by atoms with Gasteiger partial charge >= 0.3 is 0 Å². The molecule has 1 N–H and O–H groups in total. The maximum atomic E-state index is 12.8. The number of carbonyl (C=O) groups is 1. The normalized spacial score (nSPS) is 16.2. The van der Waals surface area contributed by atoms with Crippen LogP contribution in [0.15, 0.2) is 60.7 Å². The number of aryl methyl sites for hydroxylation is 1. The number of hydrogen-bond acceptors (Lipinski definition) is 5. The first-order chi connectivity index (χ1) is 14.6. The molecule has 3 aromatic rings. The molecule has 0 aliphatic carbocycles. The number of piperidine rings is 1. The van der Waals surface area contributed by atoms with Gasteiger partial charge in [-0.1, -0.05) is 42.0 Å². The number of carbonyl (C=O) groups excluding carboxylic acids is 1. The fourth-order valence-corrected chi connectivity index (χ4v) is 3.75. The van der Waals surface area contributed by atoms with E-state index in [1.807, 2.05) is 36.4 Å². The van der Waals surface area contributed by atoms with Crippen molar-refractivity contribution in [2.45, 2.75) is 19.8 Å². The summed E-state index contributed by atoms with van der Waals surface area (Å²) in [6, 6.07) is 19.7. The Kier molecular flexibility index (Phi) is 5.93. The minimum absolute atomic E-state index is 0.00781. The zero-order valence-corrected chi connectivity index (χ0v) is 17.3. The largest absolute Gasteiger partial charge is 0.495 e. The molecule has 1 aromatic heterocycles. The molecule has 30 heavy (non-hydrogen) atoms. The lowest BCUT2D eigenvalue weighted by Gasteiger charge is -2.32. The second kappa shape index (κ2) is 8.95. The molecule has 1 aliphatic heterocycles. The Labute approximate surface area is 176 Å². The van der Waals surface area contributed by atoms with Crippen LogP contribution >= 0.6 is 0 Å². The van der Waals surface area contributed by atoms with Crippen molar-refractivity contribution in [2.24, 2.45) is 5.92 Å². The molecule has 1 fully saturated rings. The lowest BCUT2D eigenvalue weighted by Crippen LogP contribution is -2.41. The number of nitrogens with one attached hydrogen (secondary N) is 1. The number of para-hydroxylation sites is 2.